The normalized spacial score (nSPS) is 18.3. The van der Waals surface area contributed by atoms with Crippen LogP contribution in [0.15, 0.2) is 60.0 Å². The van der Waals surface area contributed by atoms with Crippen molar-refractivity contribution in [1.29, 1.82) is 0 Å². The summed E-state index contributed by atoms with van der Waals surface area (Å²) >= 11 is 0. The highest BCUT2D eigenvalue weighted by Crippen LogP contribution is 2.27. The average molecular weight is 412 g/mol. The van der Waals surface area contributed by atoms with Crippen molar-refractivity contribution in [2.24, 2.45) is 0 Å². The van der Waals surface area contributed by atoms with Crippen molar-refractivity contribution in [2.75, 3.05) is 44.2 Å². The summed E-state index contributed by atoms with van der Waals surface area (Å²) in [5.41, 5.74) is 3.07. The monoisotopic (exact) mass is 411 g/mol. The van der Waals surface area contributed by atoms with E-state index in [1.54, 1.807) is 6.08 Å². The van der Waals surface area contributed by atoms with Crippen LogP contribution >= 0.6 is 0 Å². The molecule has 152 valence electrons. The molecule has 1 amide bonds. The Bertz CT molecular complexity index is 997. The van der Waals surface area contributed by atoms with E-state index < -0.39 is 10.0 Å². The fraction of sp³-hybridized carbons (Fsp3) is 0.318. The van der Waals surface area contributed by atoms with Crippen LogP contribution in [0.5, 0.6) is 0 Å². The molecule has 0 N–H and O–H groups in total. The van der Waals surface area contributed by atoms with E-state index in [0.29, 0.717) is 32.7 Å². The van der Waals surface area contributed by atoms with Gasteiger partial charge in [-0.1, -0.05) is 48.5 Å². The summed E-state index contributed by atoms with van der Waals surface area (Å²) < 4.78 is 26.6. The summed E-state index contributed by atoms with van der Waals surface area (Å²) in [7, 11) is -3.46. The first-order chi connectivity index (χ1) is 14.0. The van der Waals surface area contributed by atoms with Gasteiger partial charge < -0.3 is 4.90 Å². The summed E-state index contributed by atoms with van der Waals surface area (Å²) in [6.45, 7) is 2.94. The fourth-order valence-corrected chi connectivity index (χ4v) is 5.00. The van der Waals surface area contributed by atoms with Crippen LogP contribution in [0, 0.1) is 0 Å². The molecule has 4 rings (SSSR count). The molecule has 29 heavy (non-hydrogen) atoms. The van der Waals surface area contributed by atoms with Gasteiger partial charge in [0.1, 0.15) is 0 Å². The van der Waals surface area contributed by atoms with Crippen molar-refractivity contribution in [2.45, 2.75) is 6.42 Å². The van der Waals surface area contributed by atoms with Gasteiger partial charge >= 0.3 is 0 Å². The number of amides is 1. The van der Waals surface area contributed by atoms with E-state index in [9.17, 15) is 13.2 Å². The number of carbonyl (C=O) groups excluding carboxylic acids is 1. The molecule has 0 bridgehead atoms. The van der Waals surface area contributed by atoms with E-state index in [4.69, 9.17) is 0 Å². The standard InChI is InChI=1S/C22H25N3O3S/c26-22(25-12-10-20-8-4-5-9-21(20)25)18-23-13-15-24(16-14-23)29(27,28)17-11-19-6-2-1-3-7-19/h1-9,11,17H,10,12-16,18H2/b17-11+. The van der Waals surface area contributed by atoms with Crippen molar-refractivity contribution >= 4 is 27.7 Å². The fourth-order valence-electron chi connectivity index (χ4n) is 3.83. The highest BCUT2D eigenvalue weighted by Gasteiger charge is 2.29. The van der Waals surface area contributed by atoms with Gasteiger partial charge in [-0.25, -0.2) is 8.42 Å². The quantitative estimate of drug-likeness (QED) is 0.757. The van der Waals surface area contributed by atoms with Crippen molar-refractivity contribution in [3.8, 4) is 0 Å². The molecular weight excluding hydrogens is 386 g/mol. The maximum absolute atomic E-state index is 12.8. The van der Waals surface area contributed by atoms with Gasteiger partial charge in [0.15, 0.2) is 0 Å². The minimum Gasteiger partial charge on any atom is -0.311 e. The Hall–Kier alpha value is -2.48. The maximum Gasteiger partial charge on any atom is 0.241 e. The second-order valence-electron chi connectivity index (χ2n) is 7.36. The molecule has 0 aliphatic carbocycles. The second-order valence-corrected chi connectivity index (χ2v) is 9.18. The molecular formula is C22H25N3O3S. The van der Waals surface area contributed by atoms with E-state index >= 15 is 0 Å². The van der Waals surface area contributed by atoms with Gasteiger partial charge in [0.2, 0.25) is 15.9 Å². The van der Waals surface area contributed by atoms with Crippen LogP contribution in [-0.2, 0) is 21.2 Å². The molecule has 0 spiro atoms. The topological polar surface area (TPSA) is 60.9 Å². The Labute approximate surface area is 172 Å². The molecule has 1 saturated heterocycles. The molecule has 6 nitrogen and oxygen atoms in total. The van der Waals surface area contributed by atoms with Crippen LogP contribution in [0.4, 0.5) is 5.69 Å². The Balaban J connectivity index is 1.31. The number of rotatable bonds is 5. The van der Waals surface area contributed by atoms with Crippen molar-refractivity contribution in [3.05, 3.63) is 71.1 Å². The number of anilines is 1. The summed E-state index contributed by atoms with van der Waals surface area (Å²) in [5.74, 6) is 0.0789. The molecule has 2 aliphatic rings. The van der Waals surface area contributed by atoms with E-state index in [1.165, 1.54) is 15.3 Å². The number of hydrogen-bond donors (Lipinski definition) is 0. The molecule has 0 saturated carbocycles. The zero-order chi connectivity index (χ0) is 20.3. The Kier molecular flexibility index (Phi) is 5.80. The number of fused-ring (bicyclic) bond motifs is 1. The third-order valence-corrected chi connectivity index (χ3v) is 7.04. The first-order valence-corrected chi connectivity index (χ1v) is 11.4. The maximum atomic E-state index is 12.8. The molecule has 1 fully saturated rings. The summed E-state index contributed by atoms with van der Waals surface area (Å²) in [5, 5.41) is 1.27. The SMILES string of the molecule is O=C(CN1CCN(S(=O)(=O)/C=C/c2ccccc2)CC1)N1CCc2ccccc21. The van der Waals surface area contributed by atoms with Gasteiger partial charge in [0.25, 0.3) is 0 Å². The predicted octanol–water partition coefficient (Wildman–Crippen LogP) is 2.19. The van der Waals surface area contributed by atoms with Gasteiger partial charge in [-0.2, -0.15) is 4.31 Å². The second kappa shape index (κ2) is 8.49. The molecule has 2 aromatic rings. The largest absolute Gasteiger partial charge is 0.311 e. The van der Waals surface area contributed by atoms with Crippen LogP contribution in [0.3, 0.4) is 0 Å². The number of benzene rings is 2. The lowest BCUT2D eigenvalue weighted by atomic mass is 10.2. The molecule has 0 radical (unpaired) electrons. The van der Waals surface area contributed by atoms with Gasteiger partial charge in [-0.05, 0) is 29.7 Å². The molecule has 2 aromatic carbocycles. The lowest BCUT2D eigenvalue weighted by Gasteiger charge is -2.33. The lowest BCUT2D eigenvalue weighted by Crippen LogP contribution is -2.51. The number of nitrogens with zero attached hydrogens (tertiary/aromatic N) is 3. The number of carbonyl (C=O) groups is 1. The van der Waals surface area contributed by atoms with Crippen LogP contribution in [0.2, 0.25) is 0 Å². The summed E-state index contributed by atoms with van der Waals surface area (Å²) in [6, 6.07) is 17.4. The first kappa shape index (κ1) is 19.8. The lowest BCUT2D eigenvalue weighted by molar-refractivity contribution is -0.119. The summed E-state index contributed by atoms with van der Waals surface area (Å²) in [6.07, 6.45) is 2.51. The van der Waals surface area contributed by atoms with Gasteiger partial charge in [-0.15, -0.1) is 0 Å². The van der Waals surface area contributed by atoms with E-state index in [0.717, 1.165) is 24.2 Å². The van der Waals surface area contributed by atoms with Gasteiger partial charge in [0, 0.05) is 43.8 Å². The van der Waals surface area contributed by atoms with Crippen LogP contribution < -0.4 is 4.90 Å². The van der Waals surface area contributed by atoms with Crippen LogP contribution in [0.25, 0.3) is 6.08 Å². The number of hydrogen-bond acceptors (Lipinski definition) is 4. The zero-order valence-corrected chi connectivity index (χ0v) is 17.1. The van der Waals surface area contributed by atoms with Gasteiger partial charge in [0.05, 0.1) is 6.54 Å². The molecule has 0 unspecified atom stereocenters. The Morgan fingerprint density at radius 2 is 1.59 bits per heavy atom. The highest BCUT2D eigenvalue weighted by atomic mass is 32.2. The van der Waals surface area contributed by atoms with E-state index in [2.05, 4.69) is 6.07 Å². The minimum atomic E-state index is -3.46. The van der Waals surface area contributed by atoms with Crippen molar-refractivity contribution in [1.82, 2.24) is 9.21 Å². The van der Waals surface area contributed by atoms with Crippen LogP contribution in [-0.4, -0.2) is 62.8 Å². The van der Waals surface area contributed by atoms with E-state index in [1.807, 2.05) is 58.3 Å². The van der Waals surface area contributed by atoms with Crippen LogP contribution in [0.1, 0.15) is 11.1 Å². The van der Waals surface area contributed by atoms with Crippen molar-refractivity contribution in [3.63, 3.8) is 0 Å². The zero-order valence-electron chi connectivity index (χ0n) is 16.3. The summed E-state index contributed by atoms with van der Waals surface area (Å²) in [4.78, 5) is 16.6. The first-order valence-electron chi connectivity index (χ1n) is 9.87. The molecule has 0 aromatic heterocycles. The van der Waals surface area contributed by atoms with Gasteiger partial charge in [-0.3, -0.25) is 9.69 Å². The Morgan fingerprint density at radius 1 is 0.897 bits per heavy atom. The number of piperazine rings is 1. The Morgan fingerprint density at radius 3 is 2.34 bits per heavy atom. The smallest absolute Gasteiger partial charge is 0.241 e. The minimum absolute atomic E-state index is 0.0789. The molecule has 2 aliphatic heterocycles. The van der Waals surface area contributed by atoms with E-state index in [-0.39, 0.29) is 5.91 Å². The third kappa shape index (κ3) is 4.58. The van der Waals surface area contributed by atoms with Crippen molar-refractivity contribution < 1.29 is 13.2 Å². The molecule has 2 heterocycles. The number of para-hydroxylation sites is 1. The molecule has 0 atom stereocenters. The third-order valence-electron chi connectivity index (χ3n) is 5.47. The number of sulfonamides is 1. The molecule has 7 heteroatoms. The average Bonchev–Trinajstić information content (AvgIpc) is 3.18. The highest BCUT2D eigenvalue weighted by molar-refractivity contribution is 7.92. The predicted molar refractivity (Wildman–Crippen MR) is 115 cm³/mol.